The molecule has 0 heterocycles. The Kier molecular flexibility index (Phi) is 5.70. The highest BCUT2D eigenvalue weighted by molar-refractivity contribution is 7.89. The van der Waals surface area contributed by atoms with Crippen LogP contribution < -0.4 is 5.32 Å². The lowest BCUT2D eigenvalue weighted by Crippen LogP contribution is -2.26. The van der Waals surface area contributed by atoms with Crippen molar-refractivity contribution in [2.24, 2.45) is 0 Å². The van der Waals surface area contributed by atoms with Crippen LogP contribution in [0.3, 0.4) is 0 Å². The number of carbonyl (C=O) groups is 1. The smallest absolute Gasteiger partial charge is 0.274 e. The molecule has 0 fully saturated rings. The van der Waals surface area contributed by atoms with Crippen molar-refractivity contribution in [3.8, 4) is 0 Å². The van der Waals surface area contributed by atoms with E-state index in [-0.39, 0.29) is 21.8 Å². The molecule has 26 heavy (non-hydrogen) atoms. The van der Waals surface area contributed by atoms with Crippen LogP contribution in [0.2, 0.25) is 0 Å². The summed E-state index contributed by atoms with van der Waals surface area (Å²) in [7, 11) is -1.46. The van der Waals surface area contributed by atoms with Crippen LogP contribution in [0.15, 0.2) is 47.4 Å². The number of amides is 1. The Morgan fingerprint density at radius 1 is 1.23 bits per heavy atom. The first kappa shape index (κ1) is 19.5. The van der Waals surface area contributed by atoms with Gasteiger partial charge in [0.25, 0.3) is 21.6 Å². The maximum Gasteiger partial charge on any atom is 0.274 e. The number of carbonyl (C=O) groups excluding carboxylic acids is 1. The SMILES string of the molecule is CON(C)S(=O)(=O)c1cccc(C(=O)Nc2cccc([N+](=O)[O-])c2C)c1. The minimum absolute atomic E-state index is 0.0847. The van der Waals surface area contributed by atoms with Crippen molar-refractivity contribution in [1.29, 1.82) is 0 Å². The fourth-order valence-electron chi connectivity index (χ4n) is 2.20. The van der Waals surface area contributed by atoms with E-state index in [0.717, 1.165) is 0 Å². The van der Waals surface area contributed by atoms with Gasteiger partial charge in [0.05, 0.1) is 28.2 Å². The Bertz CT molecular complexity index is 958. The molecule has 138 valence electrons. The summed E-state index contributed by atoms with van der Waals surface area (Å²) < 4.78 is 25.2. The summed E-state index contributed by atoms with van der Waals surface area (Å²) in [6.45, 7) is 1.52. The Hall–Kier alpha value is -2.82. The van der Waals surface area contributed by atoms with Gasteiger partial charge in [-0.1, -0.05) is 16.6 Å². The van der Waals surface area contributed by atoms with Crippen LogP contribution in [0.25, 0.3) is 0 Å². The van der Waals surface area contributed by atoms with E-state index in [1.54, 1.807) is 0 Å². The minimum atomic E-state index is -3.90. The van der Waals surface area contributed by atoms with Crippen LogP contribution in [0.1, 0.15) is 15.9 Å². The van der Waals surface area contributed by atoms with E-state index in [9.17, 15) is 23.3 Å². The number of rotatable bonds is 6. The zero-order valence-corrected chi connectivity index (χ0v) is 15.1. The summed E-state index contributed by atoms with van der Waals surface area (Å²) >= 11 is 0. The topological polar surface area (TPSA) is 119 Å². The molecule has 0 spiro atoms. The van der Waals surface area contributed by atoms with E-state index in [1.807, 2.05) is 0 Å². The van der Waals surface area contributed by atoms with E-state index in [2.05, 4.69) is 5.32 Å². The van der Waals surface area contributed by atoms with Gasteiger partial charge in [0.15, 0.2) is 0 Å². The lowest BCUT2D eigenvalue weighted by atomic mass is 10.1. The predicted octanol–water partition coefficient (Wildman–Crippen LogP) is 2.34. The second-order valence-corrected chi connectivity index (χ2v) is 7.22. The lowest BCUT2D eigenvalue weighted by Gasteiger charge is -2.15. The molecule has 0 aliphatic heterocycles. The number of hydrogen-bond acceptors (Lipinski definition) is 6. The van der Waals surface area contributed by atoms with Gasteiger partial charge in [-0.25, -0.2) is 8.42 Å². The van der Waals surface area contributed by atoms with E-state index >= 15 is 0 Å². The maximum absolute atomic E-state index is 12.4. The highest BCUT2D eigenvalue weighted by atomic mass is 32.2. The molecule has 0 bridgehead atoms. The first-order valence-corrected chi connectivity index (χ1v) is 8.81. The Labute approximate surface area is 150 Å². The van der Waals surface area contributed by atoms with Crippen LogP contribution in [-0.2, 0) is 14.9 Å². The van der Waals surface area contributed by atoms with Gasteiger partial charge in [-0.05, 0) is 31.2 Å². The average molecular weight is 379 g/mol. The molecule has 0 atom stereocenters. The number of hydrogen-bond donors (Lipinski definition) is 1. The Morgan fingerprint density at radius 2 is 1.88 bits per heavy atom. The van der Waals surface area contributed by atoms with Gasteiger partial charge in [-0.2, -0.15) is 0 Å². The summed E-state index contributed by atoms with van der Waals surface area (Å²) in [6, 6.07) is 9.71. The first-order chi connectivity index (χ1) is 12.2. The fourth-order valence-corrected chi connectivity index (χ4v) is 3.22. The summed E-state index contributed by atoms with van der Waals surface area (Å²) in [4.78, 5) is 27.5. The zero-order valence-electron chi connectivity index (χ0n) is 14.3. The molecule has 0 unspecified atom stereocenters. The summed E-state index contributed by atoms with van der Waals surface area (Å²) in [5.74, 6) is -0.592. The number of benzene rings is 2. The molecule has 10 heteroatoms. The number of nitrogens with zero attached hydrogens (tertiary/aromatic N) is 2. The van der Waals surface area contributed by atoms with Gasteiger partial charge in [0.2, 0.25) is 0 Å². The molecule has 0 saturated heterocycles. The number of nitrogens with one attached hydrogen (secondary N) is 1. The molecular formula is C16H17N3O6S. The largest absolute Gasteiger partial charge is 0.321 e. The quantitative estimate of drug-likeness (QED) is 0.608. The van der Waals surface area contributed by atoms with Gasteiger partial charge in [0, 0.05) is 18.7 Å². The third kappa shape index (κ3) is 3.87. The summed E-state index contributed by atoms with van der Waals surface area (Å²) in [6.07, 6.45) is 0. The third-order valence-corrected chi connectivity index (χ3v) is 5.42. The van der Waals surface area contributed by atoms with E-state index in [1.165, 1.54) is 63.5 Å². The van der Waals surface area contributed by atoms with Gasteiger partial charge in [-0.15, -0.1) is 0 Å². The van der Waals surface area contributed by atoms with Gasteiger partial charge >= 0.3 is 0 Å². The summed E-state index contributed by atoms with van der Waals surface area (Å²) in [5.41, 5.74) is 0.530. The van der Waals surface area contributed by atoms with Crippen molar-refractivity contribution in [1.82, 2.24) is 4.47 Å². The molecule has 9 nitrogen and oxygen atoms in total. The van der Waals surface area contributed by atoms with Crippen LogP contribution in [0.4, 0.5) is 11.4 Å². The van der Waals surface area contributed by atoms with Crippen molar-refractivity contribution < 1.29 is 23.0 Å². The molecule has 2 aromatic carbocycles. The highest BCUT2D eigenvalue weighted by Gasteiger charge is 2.22. The molecule has 0 aromatic heterocycles. The number of nitro benzene ring substituents is 1. The predicted molar refractivity (Wildman–Crippen MR) is 94.2 cm³/mol. The van der Waals surface area contributed by atoms with Gasteiger partial charge in [-0.3, -0.25) is 19.7 Å². The van der Waals surface area contributed by atoms with Gasteiger partial charge in [0.1, 0.15) is 0 Å². The van der Waals surface area contributed by atoms with E-state index in [4.69, 9.17) is 4.84 Å². The van der Waals surface area contributed by atoms with Gasteiger partial charge < -0.3 is 5.32 Å². The lowest BCUT2D eigenvalue weighted by molar-refractivity contribution is -0.385. The summed E-state index contributed by atoms with van der Waals surface area (Å²) in [5, 5.41) is 13.5. The van der Waals surface area contributed by atoms with Crippen molar-refractivity contribution >= 4 is 27.3 Å². The van der Waals surface area contributed by atoms with Crippen molar-refractivity contribution in [3.05, 3.63) is 63.7 Å². The van der Waals surface area contributed by atoms with Crippen LogP contribution in [-0.4, -0.2) is 37.9 Å². The Balaban J connectivity index is 2.34. The minimum Gasteiger partial charge on any atom is -0.321 e. The first-order valence-electron chi connectivity index (χ1n) is 7.37. The Morgan fingerprint density at radius 3 is 2.50 bits per heavy atom. The molecule has 1 amide bonds. The molecular weight excluding hydrogens is 362 g/mol. The van der Waals surface area contributed by atoms with Crippen molar-refractivity contribution in [2.45, 2.75) is 11.8 Å². The van der Waals surface area contributed by atoms with Crippen LogP contribution >= 0.6 is 0 Å². The highest BCUT2D eigenvalue weighted by Crippen LogP contribution is 2.25. The number of nitro groups is 1. The molecule has 0 radical (unpaired) electrons. The second-order valence-electron chi connectivity index (χ2n) is 5.29. The molecule has 2 aromatic rings. The fraction of sp³-hybridized carbons (Fsp3) is 0.188. The maximum atomic E-state index is 12.4. The molecule has 0 aliphatic carbocycles. The average Bonchev–Trinajstić information content (AvgIpc) is 2.62. The molecule has 1 N–H and O–H groups in total. The van der Waals surface area contributed by atoms with E-state index < -0.39 is 20.9 Å². The van der Waals surface area contributed by atoms with Crippen LogP contribution in [0.5, 0.6) is 0 Å². The third-order valence-electron chi connectivity index (χ3n) is 3.74. The number of anilines is 1. The van der Waals surface area contributed by atoms with Crippen LogP contribution in [0, 0.1) is 17.0 Å². The molecule has 0 aliphatic rings. The second kappa shape index (κ2) is 7.60. The zero-order chi connectivity index (χ0) is 19.5. The number of hydroxylamine groups is 1. The standard InChI is InChI=1S/C16H17N3O6S/c1-11-14(8-5-9-15(11)19(21)22)17-16(20)12-6-4-7-13(10-12)26(23,24)18(2)25-3/h4-10H,1-3H3,(H,17,20). The van der Waals surface area contributed by atoms with Crippen molar-refractivity contribution in [3.63, 3.8) is 0 Å². The van der Waals surface area contributed by atoms with E-state index in [0.29, 0.717) is 10.0 Å². The monoisotopic (exact) mass is 379 g/mol. The molecule has 0 saturated carbocycles. The normalized spacial score (nSPS) is 11.4. The van der Waals surface area contributed by atoms with Crippen molar-refractivity contribution in [2.75, 3.05) is 19.5 Å². The number of sulfonamides is 1. The molecule has 2 rings (SSSR count).